The molecule has 1 aromatic heterocycles. The maximum atomic E-state index is 14.0. The number of hydrogen-bond acceptors (Lipinski definition) is 5. The van der Waals surface area contributed by atoms with Gasteiger partial charge < -0.3 is 14.6 Å². The lowest BCUT2D eigenvalue weighted by atomic mass is 10.0. The van der Waals surface area contributed by atoms with Gasteiger partial charge in [0.25, 0.3) is 0 Å². The van der Waals surface area contributed by atoms with Gasteiger partial charge in [0, 0.05) is 13.1 Å². The molecule has 0 saturated heterocycles. The molecule has 0 aliphatic rings. The second-order valence-corrected chi connectivity index (χ2v) is 11.3. The lowest BCUT2D eigenvalue weighted by Gasteiger charge is -2.33. The zero-order chi connectivity index (χ0) is 28.5. The van der Waals surface area contributed by atoms with Gasteiger partial charge >= 0.3 is 0 Å². The molecule has 2 amide bonds. The monoisotopic (exact) mass is 563 g/mol. The molecule has 10 heteroatoms. The Morgan fingerprint density at radius 1 is 0.850 bits per heavy atom. The van der Waals surface area contributed by atoms with Crippen LogP contribution in [0.25, 0.3) is 0 Å². The van der Waals surface area contributed by atoms with E-state index >= 15 is 0 Å². The summed E-state index contributed by atoms with van der Waals surface area (Å²) in [5.74, 6) is -0.981. The van der Waals surface area contributed by atoms with Crippen LogP contribution in [0.4, 0.5) is 4.39 Å². The van der Waals surface area contributed by atoms with E-state index in [1.807, 2.05) is 6.07 Å². The van der Waals surface area contributed by atoms with Gasteiger partial charge in [0.05, 0.1) is 25.6 Å². The Balaban J connectivity index is 1.69. The van der Waals surface area contributed by atoms with E-state index < -0.39 is 40.2 Å². The number of carbonyl (C=O) groups excluding carboxylic acids is 2. The largest absolute Gasteiger partial charge is 0.467 e. The summed E-state index contributed by atoms with van der Waals surface area (Å²) in [5.41, 5.74) is 1.81. The Bertz CT molecular complexity index is 1500. The van der Waals surface area contributed by atoms with Gasteiger partial charge in [-0.3, -0.25) is 9.59 Å². The average molecular weight is 564 g/mol. The Morgan fingerprint density at radius 3 is 2.08 bits per heavy atom. The van der Waals surface area contributed by atoms with Crippen molar-refractivity contribution in [1.82, 2.24) is 14.5 Å². The molecule has 0 fully saturated rings. The van der Waals surface area contributed by atoms with E-state index in [1.165, 1.54) is 35.4 Å². The third kappa shape index (κ3) is 7.87. The van der Waals surface area contributed by atoms with Gasteiger partial charge in [0.15, 0.2) is 0 Å². The molecule has 4 rings (SSSR count). The van der Waals surface area contributed by atoms with Crippen LogP contribution in [0.1, 0.15) is 28.5 Å². The number of furan rings is 1. The summed E-state index contributed by atoms with van der Waals surface area (Å²) < 4.78 is 45.5. The van der Waals surface area contributed by atoms with Crippen molar-refractivity contribution < 1.29 is 26.8 Å². The molecule has 208 valence electrons. The van der Waals surface area contributed by atoms with Crippen molar-refractivity contribution in [3.8, 4) is 0 Å². The van der Waals surface area contributed by atoms with Gasteiger partial charge in [0.2, 0.25) is 21.8 Å². The number of nitrogens with zero attached hydrogens (tertiary/aromatic N) is 2. The molecule has 8 nitrogen and oxygen atoms in total. The second-order valence-electron chi connectivity index (χ2n) is 9.28. The first-order valence-electron chi connectivity index (χ1n) is 12.6. The summed E-state index contributed by atoms with van der Waals surface area (Å²) in [4.78, 5) is 28.9. The van der Waals surface area contributed by atoms with E-state index in [1.54, 1.807) is 66.7 Å². The van der Waals surface area contributed by atoms with Crippen molar-refractivity contribution in [2.75, 3.05) is 12.8 Å². The molecular weight excluding hydrogens is 533 g/mol. The van der Waals surface area contributed by atoms with Crippen LogP contribution in [-0.2, 0) is 39.2 Å². The Labute approximate surface area is 233 Å². The summed E-state index contributed by atoms with van der Waals surface area (Å²) in [6, 6.07) is 25.6. The van der Waals surface area contributed by atoms with Crippen molar-refractivity contribution >= 4 is 21.8 Å². The Morgan fingerprint density at radius 2 is 1.48 bits per heavy atom. The molecule has 4 aromatic rings. The highest BCUT2D eigenvalue weighted by molar-refractivity contribution is 7.88. The van der Waals surface area contributed by atoms with Crippen LogP contribution in [0.2, 0.25) is 0 Å². The number of amides is 2. The van der Waals surface area contributed by atoms with Crippen LogP contribution in [0.5, 0.6) is 0 Å². The van der Waals surface area contributed by atoms with Crippen LogP contribution in [0.15, 0.2) is 108 Å². The highest BCUT2D eigenvalue weighted by atomic mass is 32.2. The molecule has 40 heavy (non-hydrogen) atoms. The normalized spacial score (nSPS) is 12.2. The summed E-state index contributed by atoms with van der Waals surface area (Å²) in [6.07, 6.45) is 2.53. The van der Waals surface area contributed by atoms with E-state index in [2.05, 4.69) is 5.32 Å². The van der Waals surface area contributed by atoms with E-state index in [-0.39, 0.29) is 19.6 Å². The van der Waals surface area contributed by atoms with Crippen LogP contribution >= 0.6 is 0 Å². The Hall–Kier alpha value is -4.28. The number of rotatable bonds is 12. The molecule has 0 saturated carbocycles. The average Bonchev–Trinajstić information content (AvgIpc) is 3.47. The maximum Gasteiger partial charge on any atom is 0.247 e. The minimum absolute atomic E-state index is 0.0174. The molecule has 0 spiro atoms. The lowest BCUT2D eigenvalue weighted by Crippen LogP contribution is -2.47. The standard InChI is InChI=1S/C30H30FN3O5S/c1-40(37,38)33(20-23-9-4-2-5-10-23)22-28(35)34(21-24-14-16-26(31)17-15-24)29(25-11-6-3-7-12-25)30(36)32-19-27-13-8-18-39-27/h2-18,29H,19-22H2,1H3,(H,32,36). The number of hydrogen-bond donors (Lipinski definition) is 1. The van der Waals surface area contributed by atoms with Crippen molar-refractivity contribution in [3.63, 3.8) is 0 Å². The summed E-state index contributed by atoms with van der Waals surface area (Å²) in [7, 11) is -3.80. The van der Waals surface area contributed by atoms with Crippen LogP contribution < -0.4 is 5.32 Å². The van der Waals surface area contributed by atoms with E-state index in [0.29, 0.717) is 22.5 Å². The highest BCUT2D eigenvalue weighted by Gasteiger charge is 2.33. The van der Waals surface area contributed by atoms with Crippen molar-refractivity contribution in [3.05, 3.63) is 132 Å². The fraction of sp³-hybridized carbons (Fsp3) is 0.200. The molecule has 0 aliphatic carbocycles. The molecule has 0 bridgehead atoms. The van der Waals surface area contributed by atoms with Gasteiger partial charge in [-0.05, 0) is 41.0 Å². The zero-order valence-corrected chi connectivity index (χ0v) is 22.8. The van der Waals surface area contributed by atoms with Crippen LogP contribution in [-0.4, -0.2) is 42.2 Å². The highest BCUT2D eigenvalue weighted by Crippen LogP contribution is 2.25. The summed E-state index contributed by atoms with van der Waals surface area (Å²) >= 11 is 0. The molecule has 0 radical (unpaired) electrons. The molecular formula is C30H30FN3O5S. The number of carbonyl (C=O) groups is 2. The van der Waals surface area contributed by atoms with E-state index in [0.717, 1.165) is 10.6 Å². The minimum Gasteiger partial charge on any atom is -0.467 e. The zero-order valence-electron chi connectivity index (χ0n) is 21.9. The first-order valence-corrected chi connectivity index (χ1v) is 14.4. The topological polar surface area (TPSA) is 99.9 Å². The number of nitrogens with one attached hydrogen (secondary N) is 1. The molecule has 3 aromatic carbocycles. The first-order chi connectivity index (χ1) is 19.2. The van der Waals surface area contributed by atoms with E-state index in [4.69, 9.17) is 4.42 Å². The smallest absolute Gasteiger partial charge is 0.247 e. The van der Waals surface area contributed by atoms with E-state index in [9.17, 15) is 22.4 Å². The molecule has 1 unspecified atom stereocenters. The maximum absolute atomic E-state index is 14.0. The number of benzene rings is 3. The fourth-order valence-electron chi connectivity index (χ4n) is 4.22. The quantitative estimate of drug-likeness (QED) is 0.278. The lowest BCUT2D eigenvalue weighted by molar-refractivity contribution is -0.142. The van der Waals surface area contributed by atoms with Gasteiger partial charge in [-0.25, -0.2) is 12.8 Å². The fourth-order valence-corrected chi connectivity index (χ4v) is 4.95. The summed E-state index contributed by atoms with van der Waals surface area (Å²) in [6.45, 7) is -0.479. The SMILES string of the molecule is CS(=O)(=O)N(CC(=O)N(Cc1ccc(F)cc1)C(C(=O)NCc1ccco1)c1ccccc1)Cc1ccccc1. The van der Waals surface area contributed by atoms with Crippen molar-refractivity contribution in [2.24, 2.45) is 0 Å². The third-order valence-electron chi connectivity index (χ3n) is 6.26. The van der Waals surface area contributed by atoms with Gasteiger partial charge in [-0.2, -0.15) is 4.31 Å². The van der Waals surface area contributed by atoms with Crippen LogP contribution in [0, 0.1) is 5.82 Å². The minimum atomic E-state index is -3.80. The van der Waals surface area contributed by atoms with Gasteiger partial charge in [-0.15, -0.1) is 0 Å². The van der Waals surface area contributed by atoms with Crippen molar-refractivity contribution in [2.45, 2.75) is 25.7 Å². The molecule has 0 aliphatic heterocycles. The Kier molecular flexibility index (Phi) is 9.47. The molecule has 1 atom stereocenters. The predicted molar refractivity (Wildman–Crippen MR) is 148 cm³/mol. The number of halogens is 1. The molecule has 1 heterocycles. The third-order valence-corrected chi connectivity index (χ3v) is 7.46. The first kappa shape index (κ1) is 28.7. The van der Waals surface area contributed by atoms with Crippen LogP contribution in [0.3, 0.4) is 0 Å². The predicted octanol–water partition coefficient (Wildman–Crippen LogP) is 4.27. The second kappa shape index (κ2) is 13.2. The summed E-state index contributed by atoms with van der Waals surface area (Å²) in [5, 5.41) is 2.82. The van der Waals surface area contributed by atoms with Gasteiger partial charge in [0.1, 0.15) is 17.6 Å². The van der Waals surface area contributed by atoms with Gasteiger partial charge in [-0.1, -0.05) is 72.8 Å². The van der Waals surface area contributed by atoms with Crippen molar-refractivity contribution in [1.29, 1.82) is 0 Å². The number of sulfonamides is 1. The molecule has 1 N–H and O–H groups in total.